The zero-order valence-corrected chi connectivity index (χ0v) is 12.8. The first kappa shape index (κ1) is 14.6. The van der Waals surface area contributed by atoms with E-state index in [4.69, 9.17) is 11.6 Å². The molecule has 2 aliphatic rings. The summed E-state index contributed by atoms with van der Waals surface area (Å²) in [6.45, 7) is 0.600. The van der Waals surface area contributed by atoms with E-state index >= 15 is 0 Å². The number of fused-ring (bicyclic) bond motifs is 2. The Morgan fingerprint density at radius 1 is 1.17 bits per heavy atom. The summed E-state index contributed by atoms with van der Waals surface area (Å²) in [5, 5.41) is 6.11. The van der Waals surface area contributed by atoms with Gasteiger partial charge in [-0.2, -0.15) is 0 Å². The van der Waals surface area contributed by atoms with Crippen molar-refractivity contribution < 1.29 is 13.6 Å². The van der Waals surface area contributed by atoms with Gasteiger partial charge >= 0.3 is 0 Å². The van der Waals surface area contributed by atoms with Crippen molar-refractivity contribution in [3.05, 3.63) is 64.2 Å². The summed E-state index contributed by atoms with van der Waals surface area (Å²) in [4.78, 5) is 12.7. The SMILES string of the molecule is O=C1Nc2ccc(F)cc2[C@]12CCN[C@H]2c1ccc(F)c(Cl)c1. The standard InChI is InChI=1S/C17H13ClF2N2O/c18-12-7-9(1-3-13(12)20)15-17(5-6-21-15)11-8-10(19)2-4-14(11)22-16(17)23/h1-4,7-8,15,21H,5-6H2,(H,22,23)/t15-,17-/m0/s1. The molecule has 0 aliphatic carbocycles. The predicted molar refractivity (Wildman–Crippen MR) is 83.5 cm³/mol. The number of carbonyl (C=O) groups excluding carboxylic acids is 1. The third-order valence-corrected chi connectivity index (χ3v) is 5.04. The lowest BCUT2D eigenvalue weighted by Crippen LogP contribution is -2.39. The van der Waals surface area contributed by atoms with Crippen LogP contribution in [0.4, 0.5) is 14.5 Å². The highest BCUT2D eigenvalue weighted by Gasteiger charge is 2.55. The Hall–Kier alpha value is -1.98. The lowest BCUT2D eigenvalue weighted by atomic mass is 9.73. The van der Waals surface area contributed by atoms with Crippen molar-refractivity contribution in [1.29, 1.82) is 0 Å². The Bertz CT molecular complexity index is 826. The Morgan fingerprint density at radius 3 is 2.78 bits per heavy atom. The maximum absolute atomic E-state index is 13.7. The molecular weight excluding hydrogens is 322 g/mol. The third-order valence-electron chi connectivity index (χ3n) is 4.75. The summed E-state index contributed by atoms with van der Waals surface area (Å²) in [5.74, 6) is -1.07. The third kappa shape index (κ3) is 2.00. The summed E-state index contributed by atoms with van der Waals surface area (Å²) < 4.78 is 27.2. The van der Waals surface area contributed by atoms with Gasteiger partial charge in [-0.05, 0) is 54.4 Å². The molecule has 0 unspecified atom stereocenters. The van der Waals surface area contributed by atoms with Gasteiger partial charge in [-0.3, -0.25) is 4.79 Å². The maximum Gasteiger partial charge on any atom is 0.237 e. The number of hydrogen-bond acceptors (Lipinski definition) is 2. The average molecular weight is 335 g/mol. The fraction of sp³-hybridized carbons (Fsp3) is 0.235. The minimum absolute atomic E-state index is 0.00391. The normalized spacial score (nSPS) is 25.7. The molecule has 1 saturated heterocycles. The van der Waals surface area contributed by atoms with Crippen LogP contribution in [0.15, 0.2) is 36.4 Å². The van der Waals surface area contributed by atoms with Crippen LogP contribution in [0.25, 0.3) is 0 Å². The fourth-order valence-electron chi connectivity index (χ4n) is 3.71. The minimum atomic E-state index is -0.904. The van der Waals surface area contributed by atoms with Gasteiger partial charge in [0.25, 0.3) is 0 Å². The van der Waals surface area contributed by atoms with Gasteiger partial charge in [0.1, 0.15) is 11.6 Å². The second kappa shape index (κ2) is 5.01. The van der Waals surface area contributed by atoms with Gasteiger partial charge in [0.05, 0.1) is 16.5 Å². The molecule has 0 radical (unpaired) electrons. The zero-order valence-electron chi connectivity index (χ0n) is 12.0. The van der Waals surface area contributed by atoms with Gasteiger partial charge in [-0.25, -0.2) is 8.78 Å². The molecule has 0 aromatic heterocycles. The van der Waals surface area contributed by atoms with Crippen molar-refractivity contribution in [1.82, 2.24) is 5.32 Å². The van der Waals surface area contributed by atoms with Crippen molar-refractivity contribution in [2.45, 2.75) is 17.9 Å². The van der Waals surface area contributed by atoms with Gasteiger partial charge < -0.3 is 10.6 Å². The van der Waals surface area contributed by atoms with E-state index in [0.717, 1.165) is 0 Å². The molecule has 6 heteroatoms. The van der Waals surface area contributed by atoms with E-state index in [2.05, 4.69) is 10.6 Å². The van der Waals surface area contributed by atoms with Crippen LogP contribution in [0.5, 0.6) is 0 Å². The van der Waals surface area contributed by atoms with Crippen LogP contribution in [-0.2, 0) is 10.2 Å². The molecule has 2 aromatic rings. The second-order valence-corrected chi connectivity index (χ2v) is 6.33. The molecule has 1 spiro atoms. The van der Waals surface area contributed by atoms with Crippen LogP contribution in [0.1, 0.15) is 23.6 Å². The van der Waals surface area contributed by atoms with E-state index in [1.807, 2.05) is 0 Å². The Morgan fingerprint density at radius 2 is 2.00 bits per heavy atom. The average Bonchev–Trinajstić information content (AvgIpc) is 3.07. The second-order valence-electron chi connectivity index (χ2n) is 5.93. The number of amides is 1. The van der Waals surface area contributed by atoms with Crippen molar-refractivity contribution in [2.24, 2.45) is 0 Å². The first-order valence-corrected chi connectivity index (χ1v) is 7.70. The highest BCUT2D eigenvalue weighted by atomic mass is 35.5. The Kier molecular flexibility index (Phi) is 3.18. The van der Waals surface area contributed by atoms with Gasteiger partial charge in [-0.1, -0.05) is 17.7 Å². The van der Waals surface area contributed by atoms with Crippen LogP contribution in [0.2, 0.25) is 5.02 Å². The van der Waals surface area contributed by atoms with Crippen LogP contribution < -0.4 is 10.6 Å². The molecule has 23 heavy (non-hydrogen) atoms. The molecule has 2 aliphatic heterocycles. The summed E-state index contributed by atoms with van der Waals surface area (Å²) in [5.41, 5.74) is 1.07. The molecule has 0 bridgehead atoms. The van der Waals surface area contributed by atoms with Gasteiger partial charge in [-0.15, -0.1) is 0 Å². The van der Waals surface area contributed by atoms with Crippen LogP contribution in [0, 0.1) is 11.6 Å². The number of benzene rings is 2. The molecule has 118 valence electrons. The fourth-order valence-corrected chi connectivity index (χ4v) is 3.90. The van der Waals surface area contributed by atoms with E-state index in [9.17, 15) is 13.6 Å². The smallest absolute Gasteiger partial charge is 0.237 e. The quantitative estimate of drug-likeness (QED) is 0.837. The van der Waals surface area contributed by atoms with Gasteiger partial charge in [0.2, 0.25) is 5.91 Å². The Balaban J connectivity index is 1.88. The van der Waals surface area contributed by atoms with Crippen molar-refractivity contribution >= 4 is 23.2 Å². The largest absolute Gasteiger partial charge is 0.325 e. The van der Waals surface area contributed by atoms with Crippen LogP contribution in [-0.4, -0.2) is 12.5 Å². The molecule has 2 aromatic carbocycles. The van der Waals surface area contributed by atoms with E-state index in [0.29, 0.717) is 29.8 Å². The minimum Gasteiger partial charge on any atom is -0.325 e. The number of halogens is 3. The molecule has 2 heterocycles. The Labute approximate surface area is 136 Å². The number of rotatable bonds is 1. The lowest BCUT2D eigenvalue weighted by molar-refractivity contribution is -0.121. The molecule has 4 rings (SSSR count). The highest BCUT2D eigenvalue weighted by molar-refractivity contribution is 6.30. The summed E-state index contributed by atoms with van der Waals surface area (Å²) >= 11 is 5.89. The molecule has 2 atom stereocenters. The van der Waals surface area contributed by atoms with Gasteiger partial charge in [0, 0.05) is 5.69 Å². The molecule has 0 saturated carbocycles. The lowest BCUT2D eigenvalue weighted by Gasteiger charge is -2.29. The molecule has 3 nitrogen and oxygen atoms in total. The van der Waals surface area contributed by atoms with Crippen LogP contribution >= 0.6 is 11.6 Å². The first-order valence-electron chi connectivity index (χ1n) is 7.32. The summed E-state index contributed by atoms with van der Waals surface area (Å²) in [6, 6.07) is 8.32. The van der Waals surface area contributed by atoms with Crippen LogP contribution in [0.3, 0.4) is 0 Å². The van der Waals surface area contributed by atoms with E-state index in [1.165, 1.54) is 24.3 Å². The predicted octanol–water partition coefficient (Wildman–Crippen LogP) is 3.54. The number of anilines is 1. The number of carbonyl (C=O) groups is 1. The summed E-state index contributed by atoms with van der Waals surface area (Å²) in [7, 11) is 0. The zero-order chi connectivity index (χ0) is 16.2. The number of nitrogens with one attached hydrogen (secondary N) is 2. The summed E-state index contributed by atoms with van der Waals surface area (Å²) in [6.07, 6.45) is 0.537. The first-order chi connectivity index (χ1) is 11.0. The molecule has 1 fully saturated rings. The van der Waals surface area contributed by atoms with Crippen molar-refractivity contribution in [3.8, 4) is 0 Å². The van der Waals surface area contributed by atoms with Crippen molar-refractivity contribution in [2.75, 3.05) is 11.9 Å². The van der Waals surface area contributed by atoms with Crippen molar-refractivity contribution in [3.63, 3.8) is 0 Å². The monoisotopic (exact) mass is 334 g/mol. The molecule has 1 amide bonds. The van der Waals surface area contributed by atoms with Gasteiger partial charge in [0.15, 0.2) is 0 Å². The van der Waals surface area contributed by atoms with E-state index in [1.54, 1.807) is 12.1 Å². The number of hydrogen-bond donors (Lipinski definition) is 2. The molecular formula is C17H13ClF2N2O. The van der Waals surface area contributed by atoms with E-state index < -0.39 is 11.2 Å². The molecule has 2 N–H and O–H groups in total. The maximum atomic E-state index is 13.7. The topological polar surface area (TPSA) is 41.1 Å². The highest BCUT2D eigenvalue weighted by Crippen LogP contribution is 2.51. The van der Waals surface area contributed by atoms with E-state index in [-0.39, 0.29) is 22.8 Å².